The first kappa shape index (κ1) is 14.8. The molecule has 2 rings (SSSR count). The number of rotatable bonds is 2. The molecule has 2 atom stereocenters. The molecule has 1 aliphatic rings. The largest absolute Gasteiger partial charge is 0.481 e. The summed E-state index contributed by atoms with van der Waals surface area (Å²) < 4.78 is 13.3. The number of aliphatic carboxylic acids is 1. The lowest BCUT2D eigenvalue weighted by molar-refractivity contribution is -0.143. The molecule has 0 aromatic heterocycles. The van der Waals surface area contributed by atoms with Crippen molar-refractivity contribution < 1.29 is 19.1 Å². The van der Waals surface area contributed by atoms with E-state index in [1.165, 1.54) is 11.0 Å². The van der Waals surface area contributed by atoms with Crippen molar-refractivity contribution in [3.8, 4) is 0 Å². The fourth-order valence-corrected chi connectivity index (χ4v) is 2.78. The molecule has 0 saturated carbocycles. The van der Waals surface area contributed by atoms with E-state index in [9.17, 15) is 14.0 Å². The van der Waals surface area contributed by atoms with Crippen LogP contribution in [0.15, 0.2) is 18.2 Å². The van der Waals surface area contributed by atoms with Crippen molar-refractivity contribution in [1.82, 2.24) is 4.90 Å². The molecule has 1 amide bonds. The van der Waals surface area contributed by atoms with Gasteiger partial charge in [-0.25, -0.2) is 4.39 Å². The van der Waals surface area contributed by atoms with E-state index in [4.69, 9.17) is 16.7 Å². The number of hydrogen-bond acceptors (Lipinski definition) is 2. The minimum Gasteiger partial charge on any atom is -0.481 e. The number of carbonyl (C=O) groups excluding carboxylic acids is 1. The fourth-order valence-electron chi connectivity index (χ4n) is 2.56. The van der Waals surface area contributed by atoms with E-state index in [1.54, 1.807) is 0 Å². The highest BCUT2D eigenvalue weighted by molar-refractivity contribution is 6.31. The molecule has 108 valence electrons. The van der Waals surface area contributed by atoms with Gasteiger partial charge in [-0.1, -0.05) is 18.5 Å². The van der Waals surface area contributed by atoms with Gasteiger partial charge in [-0.3, -0.25) is 9.59 Å². The average Bonchev–Trinajstić information content (AvgIpc) is 2.35. The third-order valence-corrected chi connectivity index (χ3v) is 3.62. The lowest BCUT2D eigenvalue weighted by Crippen LogP contribution is -2.45. The van der Waals surface area contributed by atoms with Crippen LogP contribution in [0.4, 0.5) is 4.39 Å². The van der Waals surface area contributed by atoms with Crippen LogP contribution in [0.1, 0.15) is 23.7 Å². The molecule has 1 aromatic rings. The van der Waals surface area contributed by atoms with Crippen LogP contribution in [0, 0.1) is 17.7 Å². The molecular weight excluding hydrogens is 285 g/mol. The standard InChI is InChI=1S/C14H15ClFNO3/c1-8-2-10(14(19)20)7-17(6-8)13(18)9-3-11(15)5-12(16)4-9/h3-5,8,10H,2,6-7H2,1H3,(H,19,20). The number of carboxylic acids is 1. The molecule has 1 aliphatic heterocycles. The summed E-state index contributed by atoms with van der Waals surface area (Å²) in [5.41, 5.74) is 0.147. The van der Waals surface area contributed by atoms with Crippen molar-refractivity contribution >= 4 is 23.5 Å². The quantitative estimate of drug-likeness (QED) is 0.913. The summed E-state index contributed by atoms with van der Waals surface area (Å²) in [6.45, 7) is 2.51. The van der Waals surface area contributed by atoms with Gasteiger partial charge >= 0.3 is 5.97 Å². The van der Waals surface area contributed by atoms with Crippen LogP contribution in [0.5, 0.6) is 0 Å². The molecule has 4 nitrogen and oxygen atoms in total. The maximum atomic E-state index is 13.3. The molecule has 0 spiro atoms. The zero-order valence-electron chi connectivity index (χ0n) is 11.0. The molecule has 0 radical (unpaired) electrons. The molecule has 6 heteroatoms. The molecule has 1 N–H and O–H groups in total. The normalized spacial score (nSPS) is 22.6. The summed E-state index contributed by atoms with van der Waals surface area (Å²) in [5, 5.41) is 9.24. The Hall–Kier alpha value is -1.62. The van der Waals surface area contributed by atoms with Crippen LogP contribution in [0.2, 0.25) is 5.02 Å². The first-order valence-corrected chi connectivity index (χ1v) is 6.72. The number of nitrogens with zero attached hydrogens (tertiary/aromatic N) is 1. The second kappa shape index (κ2) is 5.79. The van der Waals surface area contributed by atoms with Crippen LogP contribution in [0.25, 0.3) is 0 Å². The van der Waals surface area contributed by atoms with Crippen molar-refractivity contribution in [3.63, 3.8) is 0 Å². The molecule has 1 fully saturated rings. The highest BCUT2D eigenvalue weighted by Crippen LogP contribution is 2.24. The van der Waals surface area contributed by atoms with Gasteiger partial charge in [0.2, 0.25) is 0 Å². The van der Waals surface area contributed by atoms with E-state index < -0.39 is 17.7 Å². The van der Waals surface area contributed by atoms with Crippen molar-refractivity contribution in [1.29, 1.82) is 0 Å². The molecule has 0 aliphatic carbocycles. The maximum absolute atomic E-state index is 13.3. The van der Waals surface area contributed by atoms with Crippen LogP contribution in [-0.2, 0) is 4.79 Å². The minimum absolute atomic E-state index is 0.0952. The number of carboxylic acid groups (broad SMARTS) is 1. The van der Waals surface area contributed by atoms with Crippen LogP contribution >= 0.6 is 11.6 Å². The zero-order valence-corrected chi connectivity index (χ0v) is 11.7. The summed E-state index contributed by atoms with van der Waals surface area (Å²) in [6.07, 6.45) is 0.545. The number of hydrogen-bond donors (Lipinski definition) is 1. The second-order valence-corrected chi connectivity index (χ2v) is 5.68. The van der Waals surface area contributed by atoms with Crippen molar-refractivity contribution in [2.75, 3.05) is 13.1 Å². The van der Waals surface area contributed by atoms with E-state index >= 15 is 0 Å². The van der Waals surface area contributed by atoms with Crippen LogP contribution < -0.4 is 0 Å². The molecule has 1 saturated heterocycles. The number of likely N-dealkylation sites (tertiary alicyclic amines) is 1. The summed E-state index contributed by atoms with van der Waals surface area (Å²) in [4.78, 5) is 24.9. The van der Waals surface area contributed by atoms with Gasteiger partial charge in [0.05, 0.1) is 5.92 Å². The Labute approximate surface area is 121 Å². The lowest BCUT2D eigenvalue weighted by Gasteiger charge is -2.34. The zero-order chi connectivity index (χ0) is 14.9. The van der Waals surface area contributed by atoms with Gasteiger partial charge < -0.3 is 10.0 Å². The first-order valence-electron chi connectivity index (χ1n) is 6.35. The second-order valence-electron chi connectivity index (χ2n) is 5.24. The lowest BCUT2D eigenvalue weighted by atomic mass is 9.90. The van der Waals surface area contributed by atoms with E-state index in [1.807, 2.05) is 6.92 Å². The maximum Gasteiger partial charge on any atom is 0.308 e. The highest BCUT2D eigenvalue weighted by Gasteiger charge is 2.32. The molecule has 1 heterocycles. The Morgan fingerprint density at radius 2 is 2.05 bits per heavy atom. The van der Waals surface area contributed by atoms with Crippen molar-refractivity contribution in [3.05, 3.63) is 34.6 Å². The van der Waals surface area contributed by atoms with Gasteiger partial charge in [0, 0.05) is 23.7 Å². The number of halogens is 2. The van der Waals surface area contributed by atoms with E-state index in [0.29, 0.717) is 13.0 Å². The predicted molar refractivity (Wildman–Crippen MR) is 72.2 cm³/mol. The van der Waals surface area contributed by atoms with Gasteiger partial charge in [-0.2, -0.15) is 0 Å². The van der Waals surface area contributed by atoms with Gasteiger partial charge in [0.1, 0.15) is 5.82 Å². The van der Waals surface area contributed by atoms with Crippen molar-refractivity contribution in [2.45, 2.75) is 13.3 Å². The van der Waals surface area contributed by atoms with Gasteiger partial charge in [0.15, 0.2) is 0 Å². The Balaban J connectivity index is 2.21. The Morgan fingerprint density at radius 3 is 2.65 bits per heavy atom. The van der Waals surface area contributed by atoms with E-state index in [0.717, 1.165) is 12.1 Å². The summed E-state index contributed by atoms with van der Waals surface area (Å²) in [6, 6.07) is 3.63. The predicted octanol–water partition coefficient (Wildman–Crippen LogP) is 2.66. The van der Waals surface area contributed by atoms with Gasteiger partial charge in [-0.15, -0.1) is 0 Å². The van der Waals surface area contributed by atoms with Crippen LogP contribution in [-0.4, -0.2) is 35.0 Å². The van der Waals surface area contributed by atoms with Gasteiger partial charge in [-0.05, 0) is 30.5 Å². The highest BCUT2D eigenvalue weighted by atomic mass is 35.5. The Kier molecular flexibility index (Phi) is 4.28. The molecule has 2 unspecified atom stereocenters. The first-order chi connectivity index (χ1) is 9.36. The van der Waals surface area contributed by atoms with Crippen molar-refractivity contribution in [2.24, 2.45) is 11.8 Å². The Morgan fingerprint density at radius 1 is 1.35 bits per heavy atom. The average molecular weight is 300 g/mol. The molecule has 0 bridgehead atoms. The summed E-state index contributed by atoms with van der Waals surface area (Å²) in [5.74, 6) is -2.36. The van der Waals surface area contributed by atoms with E-state index in [2.05, 4.69) is 0 Å². The van der Waals surface area contributed by atoms with E-state index in [-0.39, 0.29) is 29.0 Å². The third-order valence-electron chi connectivity index (χ3n) is 3.41. The monoisotopic (exact) mass is 299 g/mol. The number of benzene rings is 1. The SMILES string of the molecule is CC1CC(C(=O)O)CN(C(=O)c2cc(F)cc(Cl)c2)C1. The Bertz CT molecular complexity index is 529. The molecular formula is C14H15ClFNO3. The number of carbonyl (C=O) groups is 2. The third kappa shape index (κ3) is 3.28. The summed E-state index contributed by atoms with van der Waals surface area (Å²) in [7, 11) is 0. The fraction of sp³-hybridized carbons (Fsp3) is 0.429. The van der Waals surface area contributed by atoms with Crippen LogP contribution in [0.3, 0.4) is 0 Å². The summed E-state index contributed by atoms with van der Waals surface area (Å²) >= 11 is 5.74. The molecule has 20 heavy (non-hydrogen) atoms. The minimum atomic E-state index is -0.911. The smallest absolute Gasteiger partial charge is 0.308 e. The topological polar surface area (TPSA) is 57.6 Å². The number of amides is 1. The molecule has 1 aromatic carbocycles. The van der Waals surface area contributed by atoms with Gasteiger partial charge in [0.25, 0.3) is 5.91 Å². The number of piperidine rings is 1.